The molecule has 3 aromatic heterocycles. The molecule has 0 saturated heterocycles. The first-order chi connectivity index (χ1) is 20.0. The molecule has 0 saturated carbocycles. The van der Waals surface area contributed by atoms with Crippen molar-refractivity contribution in [2.45, 2.75) is 30.9 Å². The predicted molar refractivity (Wildman–Crippen MR) is 162 cm³/mol. The quantitative estimate of drug-likeness (QED) is 0.181. The lowest BCUT2D eigenvalue weighted by atomic mass is 10.1. The minimum Gasteiger partial charge on any atom is -0.300 e. The first kappa shape index (κ1) is 26.6. The third kappa shape index (κ3) is 6.26. The van der Waals surface area contributed by atoms with Crippen LogP contribution in [-0.2, 0) is 23.6 Å². The van der Waals surface area contributed by atoms with Crippen LogP contribution in [0.1, 0.15) is 16.8 Å². The standard InChI is InChI=1S/C30H25N7O2S2/c1-20-12-13-24-25(14-20)32-30(37(28(24)39)15-21-8-4-2-5-9-21)41-18-23-16-36(35-34-23)17-27(38)33-29-31-26(19-40-29)22-10-6-3-7-11-22/h2-14,16,19H,15,17-18H2,1H3,(H,31,33,38). The Bertz CT molecular complexity index is 1880. The summed E-state index contributed by atoms with van der Waals surface area (Å²) in [6.45, 7) is 2.40. The highest BCUT2D eigenvalue weighted by Crippen LogP contribution is 2.25. The van der Waals surface area contributed by atoms with Crippen molar-refractivity contribution < 1.29 is 4.79 Å². The molecule has 3 heterocycles. The summed E-state index contributed by atoms with van der Waals surface area (Å²) in [5, 5.41) is 14.8. The van der Waals surface area contributed by atoms with E-state index in [0.717, 1.165) is 22.4 Å². The van der Waals surface area contributed by atoms with Gasteiger partial charge in [-0.1, -0.05) is 83.7 Å². The maximum Gasteiger partial charge on any atom is 0.262 e. The molecular formula is C30H25N7O2S2. The van der Waals surface area contributed by atoms with Gasteiger partial charge >= 0.3 is 0 Å². The molecule has 1 amide bonds. The molecule has 0 aliphatic rings. The van der Waals surface area contributed by atoms with E-state index in [9.17, 15) is 9.59 Å². The molecule has 0 bridgehead atoms. The van der Waals surface area contributed by atoms with E-state index >= 15 is 0 Å². The van der Waals surface area contributed by atoms with Gasteiger partial charge in [-0.2, -0.15) is 0 Å². The highest BCUT2D eigenvalue weighted by atomic mass is 32.2. The van der Waals surface area contributed by atoms with Gasteiger partial charge in [0.1, 0.15) is 6.54 Å². The number of benzene rings is 3. The second-order valence-electron chi connectivity index (χ2n) is 9.44. The third-order valence-corrected chi connectivity index (χ3v) is 8.09. The van der Waals surface area contributed by atoms with Crippen LogP contribution in [0.4, 0.5) is 5.13 Å². The minimum atomic E-state index is -0.244. The lowest BCUT2D eigenvalue weighted by Crippen LogP contribution is -2.24. The molecule has 1 N–H and O–H groups in total. The SMILES string of the molecule is Cc1ccc2c(=O)n(Cc3ccccc3)c(SCc3cn(CC(=O)Nc4nc(-c5ccccc5)cs4)nn3)nc2c1. The van der Waals surface area contributed by atoms with Crippen molar-refractivity contribution in [2.75, 3.05) is 5.32 Å². The lowest BCUT2D eigenvalue weighted by molar-refractivity contribution is -0.116. The number of aromatic nitrogens is 6. The molecular weight excluding hydrogens is 555 g/mol. The van der Waals surface area contributed by atoms with E-state index in [2.05, 4.69) is 20.6 Å². The predicted octanol–water partition coefficient (Wildman–Crippen LogP) is 5.40. The third-order valence-electron chi connectivity index (χ3n) is 6.32. The molecule has 6 rings (SSSR count). The van der Waals surface area contributed by atoms with E-state index in [-0.39, 0.29) is 18.0 Å². The summed E-state index contributed by atoms with van der Waals surface area (Å²) >= 11 is 2.79. The van der Waals surface area contributed by atoms with Gasteiger partial charge in [0.15, 0.2) is 10.3 Å². The lowest BCUT2D eigenvalue weighted by Gasteiger charge is -2.13. The molecule has 9 nitrogen and oxygen atoms in total. The van der Waals surface area contributed by atoms with Crippen LogP contribution >= 0.6 is 23.1 Å². The Hall–Kier alpha value is -4.61. The first-order valence-corrected chi connectivity index (χ1v) is 14.8. The van der Waals surface area contributed by atoms with E-state index in [4.69, 9.17) is 4.98 Å². The van der Waals surface area contributed by atoms with Crippen LogP contribution in [0.2, 0.25) is 0 Å². The topological polar surface area (TPSA) is 108 Å². The molecule has 0 fully saturated rings. The number of carbonyl (C=O) groups excluding carboxylic acids is 1. The Morgan fingerprint density at radius 2 is 1.78 bits per heavy atom. The van der Waals surface area contributed by atoms with E-state index < -0.39 is 0 Å². The van der Waals surface area contributed by atoms with Gasteiger partial charge in [-0.15, -0.1) is 16.4 Å². The zero-order valence-corrected chi connectivity index (χ0v) is 23.7. The molecule has 0 spiro atoms. The van der Waals surface area contributed by atoms with Gasteiger partial charge < -0.3 is 5.32 Å². The largest absolute Gasteiger partial charge is 0.300 e. The fraction of sp³-hybridized carbons (Fsp3) is 0.133. The van der Waals surface area contributed by atoms with Crippen LogP contribution in [0.5, 0.6) is 0 Å². The number of rotatable bonds is 9. The second-order valence-corrected chi connectivity index (χ2v) is 11.2. The molecule has 204 valence electrons. The number of thiazole rings is 1. The number of nitrogens with zero attached hydrogens (tertiary/aromatic N) is 6. The Kier molecular flexibility index (Phi) is 7.70. The number of hydrogen-bond donors (Lipinski definition) is 1. The minimum absolute atomic E-state index is 0.00410. The van der Waals surface area contributed by atoms with Crippen molar-refractivity contribution in [2.24, 2.45) is 0 Å². The molecule has 0 aliphatic carbocycles. The Labute approximate surface area is 243 Å². The van der Waals surface area contributed by atoms with Crippen molar-refractivity contribution in [1.29, 1.82) is 0 Å². The van der Waals surface area contributed by atoms with Crippen LogP contribution in [0.25, 0.3) is 22.2 Å². The van der Waals surface area contributed by atoms with Gasteiger partial charge in [-0.05, 0) is 30.2 Å². The smallest absolute Gasteiger partial charge is 0.262 e. The second kappa shape index (κ2) is 11.9. The maximum atomic E-state index is 13.5. The summed E-state index contributed by atoms with van der Waals surface area (Å²) in [4.78, 5) is 35.4. The van der Waals surface area contributed by atoms with Crippen LogP contribution in [-0.4, -0.2) is 35.4 Å². The molecule has 0 unspecified atom stereocenters. The fourth-order valence-electron chi connectivity index (χ4n) is 4.33. The summed E-state index contributed by atoms with van der Waals surface area (Å²) < 4.78 is 3.19. The Morgan fingerprint density at radius 1 is 1.00 bits per heavy atom. The van der Waals surface area contributed by atoms with Gasteiger partial charge in [0.25, 0.3) is 5.56 Å². The summed E-state index contributed by atoms with van der Waals surface area (Å²) in [6, 6.07) is 25.3. The number of fused-ring (bicyclic) bond motifs is 1. The van der Waals surface area contributed by atoms with Crippen LogP contribution in [0.15, 0.2) is 100 Å². The van der Waals surface area contributed by atoms with E-state index in [1.807, 2.05) is 91.2 Å². The van der Waals surface area contributed by atoms with E-state index in [1.165, 1.54) is 27.8 Å². The number of hydrogen-bond acceptors (Lipinski definition) is 8. The summed E-state index contributed by atoms with van der Waals surface area (Å²) in [5.41, 5.74) is 5.11. The van der Waals surface area contributed by atoms with Gasteiger partial charge in [0, 0.05) is 22.9 Å². The van der Waals surface area contributed by atoms with Crippen molar-refractivity contribution >= 4 is 45.0 Å². The molecule has 0 atom stereocenters. The Balaban J connectivity index is 1.15. The number of anilines is 1. The van der Waals surface area contributed by atoms with Gasteiger partial charge in [0.05, 0.1) is 28.8 Å². The fourth-order valence-corrected chi connectivity index (χ4v) is 5.94. The van der Waals surface area contributed by atoms with Gasteiger partial charge in [-0.3, -0.25) is 14.2 Å². The highest BCUT2D eigenvalue weighted by molar-refractivity contribution is 7.98. The molecule has 11 heteroatoms. The number of thioether (sulfide) groups is 1. The molecule has 41 heavy (non-hydrogen) atoms. The zero-order valence-electron chi connectivity index (χ0n) is 22.1. The normalized spacial score (nSPS) is 11.1. The average Bonchev–Trinajstić information content (AvgIpc) is 3.64. The number of amides is 1. The highest BCUT2D eigenvalue weighted by Gasteiger charge is 2.15. The Morgan fingerprint density at radius 3 is 2.59 bits per heavy atom. The van der Waals surface area contributed by atoms with Crippen molar-refractivity contribution in [3.63, 3.8) is 0 Å². The number of nitrogens with one attached hydrogen (secondary N) is 1. The average molecular weight is 580 g/mol. The first-order valence-electron chi connectivity index (χ1n) is 12.9. The van der Waals surface area contributed by atoms with E-state index in [1.54, 1.807) is 10.8 Å². The van der Waals surface area contributed by atoms with E-state index in [0.29, 0.717) is 39.2 Å². The van der Waals surface area contributed by atoms with Crippen molar-refractivity contribution in [3.05, 3.63) is 118 Å². The number of aryl methyl sites for hydroxylation is 1. The van der Waals surface area contributed by atoms with Crippen molar-refractivity contribution in [3.8, 4) is 11.3 Å². The van der Waals surface area contributed by atoms with Gasteiger partial charge in [0.2, 0.25) is 5.91 Å². The molecule has 0 aliphatic heterocycles. The molecule has 0 radical (unpaired) electrons. The van der Waals surface area contributed by atoms with Crippen LogP contribution < -0.4 is 10.9 Å². The van der Waals surface area contributed by atoms with Gasteiger partial charge in [-0.25, -0.2) is 14.6 Å². The molecule has 3 aromatic carbocycles. The summed E-state index contributed by atoms with van der Waals surface area (Å²) in [6.07, 6.45) is 1.73. The number of carbonyl (C=O) groups is 1. The van der Waals surface area contributed by atoms with Crippen LogP contribution in [0.3, 0.4) is 0 Å². The summed E-state index contributed by atoms with van der Waals surface area (Å²) in [5.74, 6) is 0.193. The van der Waals surface area contributed by atoms with Crippen molar-refractivity contribution in [1.82, 2.24) is 29.5 Å². The zero-order chi connectivity index (χ0) is 28.2. The summed E-state index contributed by atoms with van der Waals surface area (Å²) in [7, 11) is 0. The maximum absolute atomic E-state index is 13.5. The monoisotopic (exact) mass is 579 g/mol. The molecule has 6 aromatic rings. The van der Waals surface area contributed by atoms with Crippen LogP contribution in [0, 0.1) is 6.92 Å².